The third-order valence-electron chi connectivity index (χ3n) is 4.53. The summed E-state index contributed by atoms with van der Waals surface area (Å²) in [6, 6.07) is 0. The van der Waals surface area contributed by atoms with Crippen LogP contribution in [0.25, 0.3) is 0 Å². The summed E-state index contributed by atoms with van der Waals surface area (Å²) in [5.74, 6) is 0.937. The van der Waals surface area contributed by atoms with Gasteiger partial charge in [0.1, 0.15) is 4.32 Å². The van der Waals surface area contributed by atoms with E-state index in [0.717, 1.165) is 5.92 Å². The topological polar surface area (TPSA) is 29.3 Å². The molecule has 0 aromatic heterocycles. The molecule has 1 atom stereocenters. The minimum Gasteiger partial charge on any atom is -0.385 e. The zero-order chi connectivity index (χ0) is 12.9. The summed E-state index contributed by atoms with van der Waals surface area (Å²) in [5.41, 5.74) is 5.31. The van der Waals surface area contributed by atoms with Gasteiger partial charge >= 0.3 is 0 Å². The second-order valence-electron chi connectivity index (χ2n) is 5.47. The average Bonchev–Trinajstić information content (AvgIpc) is 2.27. The molecular formula is C13H26N2S2. The molecule has 17 heavy (non-hydrogen) atoms. The molecule has 0 bridgehead atoms. The van der Waals surface area contributed by atoms with Crippen LogP contribution in [0.4, 0.5) is 0 Å². The van der Waals surface area contributed by atoms with Gasteiger partial charge in [-0.1, -0.05) is 38.4 Å². The van der Waals surface area contributed by atoms with Crippen LogP contribution in [0.1, 0.15) is 51.9 Å². The van der Waals surface area contributed by atoms with Gasteiger partial charge in [0, 0.05) is 5.54 Å². The zero-order valence-corrected chi connectivity index (χ0v) is 12.8. The second kappa shape index (κ2) is 6.95. The summed E-state index contributed by atoms with van der Waals surface area (Å²) in [6.45, 7) is 3.81. The third kappa shape index (κ3) is 4.11. The zero-order valence-electron chi connectivity index (χ0n) is 11.1. The summed E-state index contributed by atoms with van der Waals surface area (Å²) >= 11 is 7.65. The Morgan fingerprint density at radius 2 is 1.82 bits per heavy atom. The lowest BCUT2D eigenvalue weighted by molar-refractivity contribution is -0.00777. The molecule has 1 unspecified atom stereocenters. The molecule has 100 valence electrons. The van der Waals surface area contributed by atoms with Crippen LogP contribution in [-0.4, -0.2) is 28.4 Å². The molecule has 0 radical (unpaired) electrons. The second-order valence-corrected chi connectivity index (χ2v) is 6.69. The quantitative estimate of drug-likeness (QED) is 0.525. The number of rotatable bonds is 0. The van der Waals surface area contributed by atoms with E-state index >= 15 is 0 Å². The first-order chi connectivity index (χ1) is 7.99. The summed E-state index contributed by atoms with van der Waals surface area (Å²) in [7, 11) is 2.35. The molecule has 0 aromatic carbocycles. The van der Waals surface area contributed by atoms with Crippen molar-refractivity contribution in [3.05, 3.63) is 0 Å². The van der Waals surface area contributed by atoms with Crippen LogP contribution in [-0.2, 0) is 0 Å². The van der Waals surface area contributed by atoms with Gasteiger partial charge in [-0.3, -0.25) is 0 Å². The molecule has 0 aromatic rings. The lowest BCUT2D eigenvalue weighted by Gasteiger charge is -2.52. The first-order valence-corrected chi connectivity index (χ1v) is 7.54. The van der Waals surface area contributed by atoms with Crippen LogP contribution < -0.4 is 5.73 Å². The van der Waals surface area contributed by atoms with Gasteiger partial charge in [0.25, 0.3) is 0 Å². The van der Waals surface area contributed by atoms with Crippen LogP contribution in [0, 0.1) is 5.92 Å². The lowest BCUT2D eigenvalue weighted by Crippen LogP contribution is -2.55. The minimum atomic E-state index is 0.194. The molecule has 1 aliphatic heterocycles. The van der Waals surface area contributed by atoms with Crippen molar-refractivity contribution >= 4 is 29.2 Å². The summed E-state index contributed by atoms with van der Waals surface area (Å²) in [5, 5.41) is 0. The van der Waals surface area contributed by atoms with E-state index in [-0.39, 0.29) is 4.32 Å². The maximum absolute atomic E-state index is 4.71. The number of thiol groups is 1. The number of thiocarbonyl (C=S) groups is 1. The first-order valence-electron chi connectivity index (χ1n) is 6.68. The van der Waals surface area contributed by atoms with Crippen molar-refractivity contribution in [3.63, 3.8) is 0 Å². The molecule has 2 rings (SSSR count). The highest BCUT2D eigenvalue weighted by atomic mass is 32.1. The van der Waals surface area contributed by atoms with Crippen LogP contribution >= 0.6 is 24.8 Å². The SMILES string of the molecule is CC1CCCN(C)C12CCCCC2.NC(=S)S. The van der Waals surface area contributed by atoms with Gasteiger partial charge in [0.05, 0.1) is 0 Å². The van der Waals surface area contributed by atoms with E-state index in [4.69, 9.17) is 5.73 Å². The van der Waals surface area contributed by atoms with E-state index in [1.807, 2.05) is 0 Å². The molecule has 2 aliphatic rings. The standard InChI is InChI=1S/C12H23N.CH3NS2/c1-11-7-6-10-13(2)12(11)8-4-3-5-9-12;2-1(3)4/h11H,3-10H2,1-2H3;(H3,2,3,4). The molecule has 2 N–H and O–H groups in total. The minimum absolute atomic E-state index is 0.194. The monoisotopic (exact) mass is 274 g/mol. The van der Waals surface area contributed by atoms with E-state index in [0.29, 0.717) is 5.54 Å². The summed E-state index contributed by atoms with van der Waals surface area (Å²) in [6.07, 6.45) is 10.2. The van der Waals surface area contributed by atoms with Crippen molar-refractivity contribution in [1.82, 2.24) is 4.90 Å². The van der Waals surface area contributed by atoms with Crippen LogP contribution in [0.3, 0.4) is 0 Å². The van der Waals surface area contributed by atoms with Crippen molar-refractivity contribution < 1.29 is 0 Å². The Morgan fingerprint density at radius 3 is 2.29 bits per heavy atom. The van der Waals surface area contributed by atoms with Gasteiger partial charge in [0.15, 0.2) is 0 Å². The van der Waals surface area contributed by atoms with E-state index < -0.39 is 0 Å². The number of hydrogen-bond donors (Lipinski definition) is 2. The van der Waals surface area contributed by atoms with E-state index in [9.17, 15) is 0 Å². The molecule has 1 saturated heterocycles. The van der Waals surface area contributed by atoms with Gasteiger partial charge in [-0.25, -0.2) is 0 Å². The molecule has 1 saturated carbocycles. The average molecular weight is 274 g/mol. The molecular weight excluding hydrogens is 248 g/mol. The van der Waals surface area contributed by atoms with Crippen LogP contribution in [0.15, 0.2) is 0 Å². The largest absolute Gasteiger partial charge is 0.385 e. The molecule has 2 nitrogen and oxygen atoms in total. The Morgan fingerprint density at radius 1 is 1.29 bits per heavy atom. The number of hydrogen-bond acceptors (Lipinski definition) is 2. The number of likely N-dealkylation sites (tertiary alicyclic amines) is 1. The fraction of sp³-hybridized carbons (Fsp3) is 0.923. The van der Waals surface area contributed by atoms with Crippen molar-refractivity contribution in [1.29, 1.82) is 0 Å². The molecule has 2 fully saturated rings. The Kier molecular flexibility index (Phi) is 6.24. The lowest BCUT2D eigenvalue weighted by atomic mass is 9.69. The normalized spacial score (nSPS) is 28.3. The fourth-order valence-corrected chi connectivity index (χ4v) is 3.54. The van der Waals surface area contributed by atoms with Crippen molar-refractivity contribution in [2.75, 3.05) is 13.6 Å². The van der Waals surface area contributed by atoms with Crippen LogP contribution in [0.5, 0.6) is 0 Å². The Balaban J connectivity index is 0.000000317. The smallest absolute Gasteiger partial charge is 0.128 e. The highest BCUT2D eigenvalue weighted by Crippen LogP contribution is 2.43. The van der Waals surface area contributed by atoms with Crippen molar-refractivity contribution in [2.24, 2.45) is 11.7 Å². The van der Waals surface area contributed by atoms with Crippen molar-refractivity contribution in [2.45, 2.75) is 57.4 Å². The van der Waals surface area contributed by atoms with Gasteiger partial charge < -0.3 is 10.6 Å². The van der Waals surface area contributed by atoms with Gasteiger partial charge in [-0.05, 0) is 45.2 Å². The van der Waals surface area contributed by atoms with Crippen molar-refractivity contribution in [3.8, 4) is 0 Å². The van der Waals surface area contributed by atoms with E-state index in [2.05, 4.69) is 43.7 Å². The molecule has 1 spiro atoms. The molecule has 0 amide bonds. The predicted octanol–water partition coefficient (Wildman–Crippen LogP) is 3.21. The van der Waals surface area contributed by atoms with E-state index in [1.54, 1.807) is 0 Å². The molecule has 1 heterocycles. The van der Waals surface area contributed by atoms with Gasteiger partial charge in [-0.2, -0.15) is 0 Å². The first kappa shape index (κ1) is 15.3. The van der Waals surface area contributed by atoms with E-state index in [1.165, 1.54) is 51.5 Å². The summed E-state index contributed by atoms with van der Waals surface area (Å²) in [4.78, 5) is 2.67. The van der Waals surface area contributed by atoms with Gasteiger partial charge in [-0.15, -0.1) is 12.6 Å². The molecule has 1 aliphatic carbocycles. The Bertz CT molecular complexity index is 234. The number of piperidine rings is 1. The third-order valence-corrected chi connectivity index (χ3v) is 4.53. The predicted molar refractivity (Wildman–Crippen MR) is 82.6 cm³/mol. The maximum Gasteiger partial charge on any atom is 0.128 e. The fourth-order valence-electron chi connectivity index (χ4n) is 3.54. The Labute approximate surface area is 117 Å². The number of nitrogens with zero attached hydrogens (tertiary/aromatic N) is 1. The molecule has 4 heteroatoms. The summed E-state index contributed by atoms with van der Waals surface area (Å²) < 4.78 is 0.194. The maximum atomic E-state index is 4.71. The van der Waals surface area contributed by atoms with Gasteiger partial charge in [0.2, 0.25) is 0 Å². The Hall–Kier alpha value is 0.200. The number of nitrogens with two attached hydrogens (primary N) is 1. The highest BCUT2D eigenvalue weighted by molar-refractivity contribution is 8.10. The van der Waals surface area contributed by atoms with Crippen LogP contribution in [0.2, 0.25) is 0 Å². The highest BCUT2D eigenvalue weighted by Gasteiger charge is 2.42.